The monoisotopic (exact) mass is 422 g/mol. The van der Waals surface area contributed by atoms with Gasteiger partial charge >= 0.3 is 0 Å². The van der Waals surface area contributed by atoms with Crippen molar-refractivity contribution in [3.05, 3.63) is 59.7 Å². The topological polar surface area (TPSA) is 49.4 Å². The molecule has 1 aliphatic carbocycles. The molecule has 2 aromatic rings. The molecule has 2 aromatic carbocycles. The van der Waals surface area contributed by atoms with Crippen LogP contribution in [0.25, 0.3) is 0 Å². The molecule has 0 unspecified atom stereocenters. The Morgan fingerprint density at radius 3 is 2.50 bits per heavy atom. The summed E-state index contributed by atoms with van der Waals surface area (Å²) in [5.41, 5.74) is 4.05. The molecule has 0 bridgehead atoms. The third-order valence-electron chi connectivity index (χ3n) is 6.12. The minimum atomic E-state index is -0.0751. The number of hydrogen-bond acceptors (Lipinski definition) is 3. The largest absolute Gasteiger partial charge is 0.326 e. The second-order valence-corrected chi connectivity index (χ2v) is 9.69. The Kier molecular flexibility index (Phi) is 6.47. The Balaban J connectivity index is 1.52. The van der Waals surface area contributed by atoms with Crippen LogP contribution in [0.1, 0.15) is 68.4 Å². The maximum atomic E-state index is 12.7. The summed E-state index contributed by atoms with van der Waals surface area (Å²) in [6.45, 7) is 4.34. The second kappa shape index (κ2) is 9.25. The zero-order valence-corrected chi connectivity index (χ0v) is 18.6. The van der Waals surface area contributed by atoms with E-state index in [1.54, 1.807) is 11.8 Å². The first kappa shape index (κ1) is 21.0. The van der Waals surface area contributed by atoms with Crippen LogP contribution in [-0.4, -0.2) is 17.6 Å². The number of hydrogen-bond donors (Lipinski definition) is 1. The molecule has 4 rings (SSSR count). The zero-order valence-electron chi connectivity index (χ0n) is 17.8. The van der Waals surface area contributed by atoms with Crippen LogP contribution in [0.4, 0.5) is 11.4 Å². The van der Waals surface area contributed by atoms with E-state index < -0.39 is 0 Å². The van der Waals surface area contributed by atoms with Crippen LogP contribution >= 0.6 is 11.8 Å². The maximum absolute atomic E-state index is 12.7. The van der Waals surface area contributed by atoms with Gasteiger partial charge in [0.25, 0.3) is 0 Å². The van der Waals surface area contributed by atoms with Gasteiger partial charge < -0.3 is 5.32 Å². The van der Waals surface area contributed by atoms with Gasteiger partial charge in [0.05, 0.1) is 5.75 Å². The number of nitrogens with zero attached hydrogens (tertiary/aromatic N) is 1. The average Bonchev–Trinajstić information content (AvgIpc) is 3.16. The minimum absolute atomic E-state index is 0.0751. The van der Waals surface area contributed by atoms with E-state index in [0.29, 0.717) is 11.7 Å². The Labute approximate surface area is 183 Å². The van der Waals surface area contributed by atoms with Crippen LogP contribution in [0.2, 0.25) is 0 Å². The molecule has 2 amide bonds. The Bertz CT molecular complexity index is 904. The van der Waals surface area contributed by atoms with E-state index >= 15 is 0 Å². The fourth-order valence-electron chi connectivity index (χ4n) is 4.35. The summed E-state index contributed by atoms with van der Waals surface area (Å²) >= 11 is 1.64. The number of carbonyl (C=O) groups excluding carboxylic acids is 2. The molecule has 0 spiro atoms. The van der Waals surface area contributed by atoms with Gasteiger partial charge in [-0.25, -0.2) is 0 Å². The Morgan fingerprint density at radius 2 is 1.80 bits per heavy atom. The zero-order chi connectivity index (χ0) is 21.1. The first-order valence-electron chi connectivity index (χ1n) is 11.0. The van der Waals surface area contributed by atoms with Gasteiger partial charge in [-0.15, -0.1) is 11.8 Å². The summed E-state index contributed by atoms with van der Waals surface area (Å²) in [5, 5.41) is 3.03. The van der Waals surface area contributed by atoms with Gasteiger partial charge in [-0.05, 0) is 54.2 Å². The van der Waals surface area contributed by atoms with E-state index in [4.69, 9.17) is 0 Å². The number of carbonyl (C=O) groups is 2. The van der Waals surface area contributed by atoms with Crippen LogP contribution in [0.15, 0.2) is 48.5 Å². The third-order valence-corrected chi connectivity index (χ3v) is 7.33. The summed E-state index contributed by atoms with van der Waals surface area (Å²) < 4.78 is 0. The molecule has 5 heteroatoms. The van der Waals surface area contributed by atoms with Crippen LogP contribution in [-0.2, 0) is 9.59 Å². The predicted molar refractivity (Wildman–Crippen MR) is 125 cm³/mol. The van der Waals surface area contributed by atoms with Gasteiger partial charge in [0.1, 0.15) is 5.37 Å². The molecule has 1 atom stereocenters. The quantitative estimate of drug-likeness (QED) is 0.633. The molecule has 0 radical (unpaired) electrons. The van der Waals surface area contributed by atoms with Crippen molar-refractivity contribution in [1.82, 2.24) is 0 Å². The van der Waals surface area contributed by atoms with E-state index in [2.05, 4.69) is 31.3 Å². The van der Waals surface area contributed by atoms with Gasteiger partial charge in [0.15, 0.2) is 0 Å². The minimum Gasteiger partial charge on any atom is -0.326 e. The van der Waals surface area contributed by atoms with Crippen molar-refractivity contribution in [3.8, 4) is 0 Å². The highest BCUT2D eigenvalue weighted by Gasteiger charge is 2.34. The highest BCUT2D eigenvalue weighted by Crippen LogP contribution is 2.42. The van der Waals surface area contributed by atoms with Crippen LogP contribution < -0.4 is 10.2 Å². The molecule has 1 aliphatic heterocycles. The van der Waals surface area contributed by atoms with Crippen LogP contribution in [0.5, 0.6) is 0 Å². The lowest BCUT2D eigenvalue weighted by Crippen LogP contribution is -2.28. The molecular formula is C25H30N2O2S. The summed E-state index contributed by atoms with van der Waals surface area (Å²) in [4.78, 5) is 27.2. The van der Waals surface area contributed by atoms with Crippen LogP contribution in [0.3, 0.4) is 0 Å². The third kappa shape index (κ3) is 4.56. The van der Waals surface area contributed by atoms with Gasteiger partial charge in [0, 0.05) is 17.3 Å². The molecule has 158 valence electrons. The summed E-state index contributed by atoms with van der Waals surface area (Å²) in [5.74, 6) is 1.31. The van der Waals surface area contributed by atoms with Crippen molar-refractivity contribution >= 4 is 35.0 Å². The van der Waals surface area contributed by atoms with E-state index in [1.807, 2.05) is 41.3 Å². The molecule has 1 saturated heterocycles. The average molecular weight is 423 g/mol. The van der Waals surface area contributed by atoms with Crippen molar-refractivity contribution in [2.45, 2.75) is 57.2 Å². The van der Waals surface area contributed by atoms with Crippen molar-refractivity contribution < 1.29 is 9.59 Å². The van der Waals surface area contributed by atoms with Gasteiger partial charge in [-0.2, -0.15) is 0 Å². The lowest BCUT2D eigenvalue weighted by atomic mass is 9.88. The van der Waals surface area contributed by atoms with Gasteiger partial charge in [0.2, 0.25) is 11.8 Å². The van der Waals surface area contributed by atoms with E-state index in [9.17, 15) is 9.59 Å². The van der Waals surface area contributed by atoms with Crippen LogP contribution in [0, 0.1) is 5.92 Å². The van der Waals surface area contributed by atoms with Gasteiger partial charge in [-0.3, -0.25) is 14.5 Å². The van der Waals surface area contributed by atoms with Crippen molar-refractivity contribution in [2.75, 3.05) is 16.0 Å². The summed E-state index contributed by atoms with van der Waals surface area (Å²) in [6.07, 6.45) is 5.49. The highest BCUT2D eigenvalue weighted by molar-refractivity contribution is 8.00. The molecule has 1 N–H and O–H groups in total. The second-order valence-electron chi connectivity index (χ2n) is 8.62. The molecule has 4 nitrogen and oxygen atoms in total. The van der Waals surface area contributed by atoms with E-state index in [1.165, 1.54) is 12.0 Å². The van der Waals surface area contributed by atoms with Crippen molar-refractivity contribution in [3.63, 3.8) is 0 Å². The number of benzene rings is 2. The molecule has 1 saturated carbocycles. The lowest BCUT2D eigenvalue weighted by Gasteiger charge is -2.25. The fourth-order valence-corrected chi connectivity index (χ4v) is 5.52. The molecule has 2 aliphatic rings. The normalized spacial score (nSPS) is 20.0. The standard InChI is InChI=1S/C25H30N2O2S/c1-17(2)18-11-13-22(14-12-18)27-23(28)16-30-25(27)20-9-6-10-21(15-20)26-24(29)19-7-4-3-5-8-19/h6,9-15,17,19,25H,3-5,7-8,16H2,1-2H3,(H,26,29)/t25-/m0/s1. The highest BCUT2D eigenvalue weighted by atomic mass is 32.2. The number of thioether (sulfide) groups is 1. The smallest absolute Gasteiger partial charge is 0.238 e. The number of rotatable bonds is 5. The molecule has 1 heterocycles. The molecule has 0 aromatic heterocycles. The summed E-state index contributed by atoms with van der Waals surface area (Å²) in [7, 11) is 0. The SMILES string of the molecule is CC(C)c1ccc(N2C(=O)CS[C@H]2c2cccc(NC(=O)C3CCCCC3)c2)cc1. The predicted octanol–water partition coefficient (Wildman–Crippen LogP) is 6.11. The van der Waals surface area contributed by atoms with Crippen molar-refractivity contribution in [2.24, 2.45) is 5.92 Å². The molecular weight excluding hydrogens is 392 g/mol. The van der Waals surface area contributed by atoms with E-state index in [0.717, 1.165) is 42.6 Å². The van der Waals surface area contributed by atoms with E-state index in [-0.39, 0.29) is 23.1 Å². The number of nitrogens with one attached hydrogen (secondary N) is 1. The Morgan fingerprint density at radius 1 is 1.07 bits per heavy atom. The lowest BCUT2D eigenvalue weighted by molar-refractivity contribution is -0.120. The number of amides is 2. The maximum Gasteiger partial charge on any atom is 0.238 e. The number of anilines is 2. The molecule has 2 fully saturated rings. The fraction of sp³-hybridized carbons (Fsp3) is 0.440. The molecule has 30 heavy (non-hydrogen) atoms. The first-order chi connectivity index (χ1) is 14.5. The Hall–Kier alpha value is -2.27. The first-order valence-corrected chi connectivity index (χ1v) is 12.0. The van der Waals surface area contributed by atoms with Crippen molar-refractivity contribution in [1.29, 1.82) is 0 Å². The van der Waals surface area contributed by atoms with Gasteiger partial charge in [-0.1, -0.05) is 57.4 Å². The summed E-state index contributed by atoms with van der Waals surface area (Å²) in [6, 6.07) is 16.3.